The van der Waals surface area contributed by atoms with Gasteiger partial charge in [0.2, 0.25) is 0 Å². The van der Waals surface area contributed by atoms with Crippen molar-refractivity contribution in [1.29, 1.82) is 0 Å². The van der Waals surface area contributed by atoms with Crippen LogP contribution in [0.25, 0.3) is 33.9 Å². The number of benzene rings is 1. The van der Waals surface area contributed by atoms with Crippen LogP contribution in [0.2, 0.25) is 0 Å². The fourth-order valence-corrected chi connectivity index (χ4v) is 3.31. The molecule has 38 heavy (non-hydrogen) atoms. The molecule has 200 valence electrons. The molecule has 0 unspecified atom stereocenters. The smallest absolute Gasteiger partial charge is 0.251 e. The molecule has 1 aromatic carbocycles. The van der Waals surface area contributed by atoms with Crippen LogP contribution in [0.15, 0.2) is 41.6 Å². The Morgan fingerprint density at radius 2 is 1.50 bits per heavy atom. The largest absolute Gasteiger partial charge is 0.435 e. The SMILES string of the molecule is CC(C)=Nn1c(-c2ccc(C(F)(F)F)cc2F)nc2c(C(F)(F)F)nc(-c3ccc(C(F)(F)F)nc3)nc21. The summed E-state index contributed by atoms with van der Waals surface area (Å²) in [6, 6.07) is 2.67. The van der Waals surface area contributed by atoms with E-state index in [0.717, 1.165) is 6.07 Å². The van der Waals surface area contributed by atoms with E-state index in [1.807, 2.05) is 0 Å². The van der Waals surface area contributed by atoms with Crippen molar-refractivity contribution in [3.8, 4) is 22.8 Å². The van der Waals surface area contributed by atoms with Crippen molar-refractivity contribution < 1.29 is 43.9 Å². The quantitative estimate of drug-likeness (QED) is 0.204. The van der Waals surface area contributed by atoms with Crippen LogP contribution in [0.3, 0.4) is 0 Å². The van der Waals surface area contributed by atoms with Crippen molar-refractivity contribution in [2.24, 2.45) is 5.10 Å². The third kappa shape index (κ3) is 5.15. The number of nitrogens with zero attached hydrogens (tertiary/aromatic N) is 6. The fraction of sp³-hybridized carbons (Fsp3) is 0.227. The normalized spacial score (nSPS) is 12.7. The maximum absolute atomic E-state index is 14.8. The predicted octanol–water partition coefficient (Wildman–Crippen LogP) is 6.99. The van der Waals surface area contributed by atoms with E-state index < -0.39 is 69.7 Å². The molecular weight excluding hydrogens is 538 g/mol. The molecule has 0 aliphatic rings. The average molecular weight is 550 g/mol. The van der Waals surface area contributed by atoms with Gasteiger partial charge in [0.25, 0.3) is 0 Å². The van der Waals surface area contributed by atoms with Gasteiger partial charge in [-0.15, -0.1) is 0 Å². The number of hydrogen-bond acceptors (Lipinski definition) is 5. The average Bonchev–Trinajstić information content (AvgIpc) is 3.14. The van der Waals surface area contributed by atoms with Gasteiger partial charge < -0.3 is 0 Å². The van der Waals surface area contributed by atoms with E-state index >= 15 is 0 Å². The number of halogens is 10. The molecule has 16 heteroatoms. The minimum atomic E-state index is -5.17. The van der Waals surface area contributed by atoms with Gasteiger partial charge in [0.05, 0.1) is 11.1 Å². The molecule has 0 spiro atoms. The highest BCUT2D eigenvalue weighted by molar-refractivity contribution is 5.84. The third-order valence-electron chi connectivity index (χ3n) is 4.90. The van der Waals surface area contributed by atoms with Gasteiger partial charge in [0.1, 0.15) is 17.0 Å². The van der Waals surface area contributed by atoms with Crippen molar-refractivity contribution in [1.82, 2.24) is 24.6 Å². The maximum atomic E-state index is 14.8. The van der Waals surface area contributed by atoms with Gasteiger partial charge in [-0.1, -0.05) is 0 Å². The topological polar surface area (TPSA) is 68.8 Å². The molecule has 4 rings (SSSR count). The third-order valence-corrected chi connectivity index (χ3v) is 4.90. The Morgan fingerprint density at radius 1 is 0.816 bits per heavy atom. The fourth-order valence-electron chi connectivity index (χ4n) is 3.31. The number of hydrogen-bond donors (Lipinski definition) is 0. The van der Waals surface area contributed by atoms with Crippen LogP contribution in [-0.4, -0.2) is 30.3 Å². The first kappa shape index (κ1) is 26.9. The van der Waals surface area contributed by atoms with Gasteiger partial charge in [0.15, 0.2) is 23.0 Å². The van der Waals surface area contributed by atoms with Gasteiger partial charge in [0, 0.05) is 17.5 Å². The molecule has 3 aromatic heterocycles. The van der Waals surface area contributed by atoms with Crippen LogP contribution >= 0.6 is 0 Å². The van der Waals surface area contributed by atoms with Crippen molar-refractivity contribution in [3.63, 3.8) is 0 Å². The highest BCUT2D eigenvalue weighted by atomic mass is 19.4. The zero-order chi connectivity index (χ0) is 28.2. The lowest BCUT2D eigenvalue weighted by Crippen LogP contribution is -2.12. The zero-order valence-electron chi connectivity index (χ0n) is 18.9. The number of fused-ring (bicyclic) bond motifs is 1. The Morgan fingerprint density at radius 3 is 2.00 bits per heavy atom. The lowest BCUT2D eigenvalue weighted by molar-refractivity contribution is -0.141. The Kier molecular flexibility index (Phi) is 6.40. The summed E-state index contributed by atoms with van der Waals surface area (Å²) in [5.74, 6) is -2.76. The van der Waals surface area contributed by atoms with Crippen LogP contribution in [0.5, 0.6) is 0 Å². The van der Waals surface area contributed by atoms with E-state index in [0.29, 0.717) is 29.1 Å². The summed E-state index contributed by atoms with van der Waals surface area (Å²) in [5.41, 5.74) is -6.56. The van der Waals surface area contributed by atoms with Gasteiger partial charge in [-0.3, -0.25) is 4.98 Å². The van der Waals surface area contributed by atoms with E-state index in [1.54, 1.807) is 0 Å². The molecular formula is C22H12F10N6. The molecule has 0 atom stereocenters. The second-order valence-corrected chi connectivity index (χ2v) is 7.98. The van der Waals surface area contributed by atoms with Crippen LogP contribution in [0.1, 0.15) is 30.8 Å². The first-order chi connectivity index (χ1) is 17.5. The van der Waals surface area contributed by atoms with Crippen molar-refractivity contribution in [2.45, 2.75) is 32.4 Å². The Bertz CT molecular complexity index is 1540. The summed E-state index contributed by atoms with van der Waals surface area (Å²) in [4.78, 5) is 14.3. The highest BCUT2D eigenvalue weighted by Gasteiger charge is 2.39. The zero-order valence-corrected chi connectivity index (χ0v) is 18.9. The van der Waals surface area contributed by atoms with Gasteiger partial charge in [-0.25, -0.2) is 19.3 Å². The van der Waals surface area contributed by atoms with Crippen LogP contribution < -0.4 is 0 Å². The first-order valence-electron chi connectivity index (χ1n) is 10.3. The van der Waals surface area contributed by atoms with Crippen molar-refractivity contribution in [3.05, 3.63) is 59.3 Å². The second kappa shape index (κ2) is 9.02. The molecule has 3 heterocycles. The molecule has 0 amide bonds. The van der Waals surface area contributed by atoms with Crippen molar-refractivity contribution >= 4 is 16.9 Å². The molecule has 0 aliphatic carbocycles. The summed E-state index contributed by atoms with van der Waals surface area (Å²) in [5, 5.41) is 4.00. The predicted molar refractivity (Wildman–Crippen MR) is 113 cm³/mol. The molecule has 4 aromatic rings. The molecule has 6 nitrogen and oxygen atoms in total. The molecule has 0 radical (unpaired) electrons. The van der Waals surface area contributed by atoms with E-state index in [4.69, 9.17) is 0 Å². The van der Waals surface area contributed by atoms with Gasteiger partial charge in [-0.2, -0.15) is 49.3 Å². The summed E-state index contributed by atoms with van der Waals surface area (Å²) < 4.78 is 135. The van der Waals surface area contributed by atoms with Crippen LogP contribution in [0.4, 0.5) is 43.9 Å². The number of pyridine rings is 1. The molecule has 0 saturated carbocycles. The Labute approximate surface area is 205 Å². The number of alkyl halides is 9. The summed E-state index contributed by atoms with van der Waals surface area (Å²) in [6.45, 7) is 2.84. The van der Waals surface area contributed by atoms with Gasteiger partial charge in [-0.05, 0) is 44.2 Å². The lowest BCUT2D eigenvalue weighted by atomic mass is 10.1. The van der Waals surface area contributed by atoms with Crippen LogP contribution in [-0.2, 0) is 18.5 Å². The lowest BCUT2D eigenvalue weighted by Gasteiger charge is -2.10. The van der Waals surface area contributed by atoms with E-state index in [9.17, 15) is 43.9 Å². The first-order valence-corrected chi connectivity index (χ1v) is 10.3. The minimum absolute atomic E-state index is 0.150. The molecule has 0 aliphatic heterocycles. The summed E-state index contributed by atoms with van der Waals surface area (Å²) in [6.07, 6.45) is -14.3. The maximum Gasteiger partial charge on any atom is 0.435 e. The number of rotatable bonds is 3. The van der Waals surface area contributed by atoms with Gasteiger partial charge >= 0.3 is 18.5 Å². The van der Waals surface area contributed by atoms with E-state index in [1.165, 1.54) is 13.8 Å². The summed E-state index contributed by atoms with van der Waals surface area (Å²) >= 11 is 0. The Balaban J connectivity index is 2.02. The number of imidazole rings is 1. The minimum Gasteiger partial charge on any atom is -0.251 e. The van der Waals surface area contributed by atoms with Crippen molar-refractivity contribution in [2.75, 3.05) is 0 Å². The Hall–Kier alpha value is -4.11. The number of aromatic nitrogens is 5. The highest BCUT2D eigenvalue weighted by Crippen LogP contribution is 2.38. The monoisotopic (exact) mass is 550 g/mol. The molecule has 0 N–H and O–H groups in total. The van der Waals surface area contributed by atoms with Crippen LogP contribution in [0, 0.1) is 5.82 Å². The molecule has 0 bridgehead atoms. The van der Waals surface area contributed by atoms with E-state index in [2.05, 4.69) is 25.0 Å². The molecule has 0 fully saturated rings. The molecule has 0 saturated heterocycles. The summed E-state index contributed by atoms with van der Waals surface area (Å²) in [7, 11) is 0. The standard InChI is InChI=1S/C22H12F10N6/c1-9(2)37-38-18(12-5-4-11(7-13(12)23)20(24,25)26)34-15-16(22(30,31)32)35-17(36-19(15)38)10-3-6-14(33-8-10)21(27,28)29/h3-8H,1-2H3. The van der Waals surface area contributed by atoms with E-state index in [-0.39, 0.29) is 17.3 Å². The second-order valence-electron chi connectivity index (χ2n) is 7.98.